The Hall–Kier alpha value is -1.02. The van der Waals surface area contributed by atoms with Crippen LogP contribution in [0.25, 0.3) is 0 Å². The fourth-order valence-corrected chi connectivity index (χ4v) is 3.37. The van der Waals surface area contributed by atoms with Gasteiger partial charge in [-0.15, -0.1) is 0 Å². The lowest BCUT2D eigenvalue weighted by molar-refractivity contribution is -0.137. The van der Waals surface area contributed by atoms with Crippen LogP contribution >= 0.6 is 34.2 Å². The minimum Gasteiger partial charge on any atom is -0.481 e. The Morgan fingerprint density at radius 1 is 1.48 bits per heavy atom. The van der Waals surface area contributed by atoms with Crippen molar-refractivity contribution in [2.75, 3.05) is 18.4 Å². The van der Waals surface area contributed by atoms with Crippen molar-refractivity contribution in [2.24, 2.45) is 5.92 Å². The van der Waals surface area contributed by atoms with E-state index in [1.165, 1.54) is 0 Å². The number of likely N-dealkylation sites (tertiary alicyclic amines) is 1. The van der Waals surface area contributed by atoms with Gasteiger partial charge in [-0.25, -0.2) is 4.79 Å². The number of hydrogen-bond donors (Lipinski definition) is 2. The summed E-state index contributed by atoms with van der Waals surface area (Å²) in [4.78, 5) is 24.5. The van der Waals surface area contributed by atoms with E-state index in [0.29, 0.717) is 24.5 Å². The smallest absolute Gasteiger partial charge is 0.321 e. The largest absolute Gasteiger partial charge is 0.481 e. The maximum Gasteiger partial charge on any atom is 0.321 e. The first-order chi connectivity index (χ1) is 9.95. The lowest BCUT2D eigenvalue weighted by Gasteiger charge is -2.18. The molecule has 1 atom stereocenters. The number of rotatable bonds is 4. The second-order valence-corrected chi connectivity index (χ2v) is 6.69. The van der Waals surface area contributed by atoms with E-state index < -0.39 is 5.97 Å². The Morgan fingerprint density at radius 3 is 2.90 bits per heavy atom. The van der Waals surface area contributed by atoms with E-state index in [2.05, 4.69) is 27.9 Å². The molecule has 1 aliphatic heterocycles. The van der Waals surface area contributed by atoms with Crippen LogP contribution in [0, 0.1) is 9.49 Å². The highest BCUT2D eigenvalue weighted by atomic mass is 127. The highest BCUT2D eigenvalue weighted by molar-refractivity contribution is 14.1. The quantitative estimate of drug-likeness (QED) is 0.728. The number of carboxylic acids is 1. The van der Waals surface area contributed by atoms with E-state index in [1.54, 1.807) is 23.1 Å². The van der Waals surface area contributed by atoms with Gasteiger partial charge in [0.25, 0.3) is 0 Å². The molecule has 0 aromatic heterocycles. The van der Waals surface area contributed by atoms with E-state index in [9.17, 15) is 9.59 Å². The third-order valence-corrected chi connectivity index (χ3v) is 4.64. The molecule has 2 N–H and O–H groups in total. The van der Waals surface area contributed by atoms with Crippen molar-refractivity contribution in [1.82, 2.24) is 4.90 Å². The lowest BCUT2D eigenvalue weighted by atomic mass is 10.0. The molecule has 0 aliphatic carbocycles. The third kappa shape index (κ3) is 4.74. The molecular formula is C14H16ClIN2O3. The fraction of sp³-hybridized carbons (Fsp3) is 0.429. The van der Waals surface area contributed by atoms with Gasteiger partial charge in [-0.2, -0.15) is 0 Å². The Kier molecular flexibility index (Phi) is 5.69. The summed E-state index contributed by atoms with van der Waals surface area (Å²) in [5, 5.41) is 12.2. The highest BCUT2D eigenvalue weighted by Gasteiger charge is 2.26. The molecular weight excluding hydrogens is 407 g/mol. The van der Waals surface area contributed by atoms with E-state index in [-0.39, 0.29) is 18.4 Å². The van der Waals surface area contributed by atoms with Crippen LogP contribution in [0.3, 0.4) is 0 Å². The van der Waals surface area contributed by atoms with Crippen molar-refractivity contribution in [2.45, 2.75) is 19.3 Å². The maximum absolute atomic E-state index is 12.2. The first-order valence-electron chi connectivity index (χ1n) is 6.68. The summed E-state index contributed by atoms with van der Waals surface area (Å²) in [6.07, 6.45) is 1.64. The van der Waals surface area contributed by atoms with E-state index in [4.69, 9.17) is 16.7 Å². The Balaban J connectivity index is 1.88. The van der Waals surface area contributed by atoms with Gasteiger partial charge in [-0.1, -0.05) is 11.6 Å². The van der Waals surface area contributed by atoms with Crippen LogP contribution in [0.4, 0.5) is 10.5 Å². The third-order valence-electron chi connectivity index (χ3n) is 3.51. The van der Waals surface area contributed by atoms with Crippen molar-refractivity contribution >= 4 is 51.9 Å². The Bertz CT molecular complexity index is 553. The first kappa shape index (κ1) is 16.4. The minimum atomic E-state index is -0.784. The van der Waals surface area contributed by atoms with Gasteiger partial charge >= 0.3 is 12.0 Å². The zero-order valence-corrected chi connectivity index (χ0v) is 14.2. The average molecular weight is 423 g/mol. The molecule has 2 amide bonds. The number of carboxylic acid groups (broad SMARTS) is 1. The standard InChI is InChI=1S/C14H16ClIN2O3/c15-10-2-3-12(11(16)7-10)17-14(21)18-6-5-9(8-18)1-4-13(19)20/h2-3,7,9H,1,4-6,8H2,(H,17,21)(H,19,20). The molecule has 7 heteroatoms. The van der Waals surface area contributed by atoms with Crippen molar-refractivity contribution in [3.05, 3.63) is 26.8 Å². The minimum absolute atomic E-state index is 0.145. The fourth-order valence-electron chi connectivity index (χ4n) is 2.37. The zero-order chi connectivity index (χ0) is 15.4. The molecule has 2 rings (SSSR count). The normalized spacial score (nSPS) is 17.8. The summed E-state index contributed by atoms with van der Waals surface area (Å²) in [6, 6.07) is 5.16. The van der Waals surface area contributed by atoms with Crippen molar-refractivity contribution in [3.63, 3.8) is 0 Å². The highest BCUT2D eigenvalue weighted by Crippen LogP contribution is 2.25. The van der Waals surface area contributed by atoms with Gasteiger partial charge in [0.15, 0.2) is 0 Å². The van der Waals surface area contributed by atoms with Crippen LogP contribution in [-0.4, -0.2) is 35.1 Å². The van der Waals surface area contributed by atoms with Crippen LogP contribution in [-0.2, 0) is 4.79 Å². The number of urea groups is 1. The molecule has 1 fully saturated rings. The van der Waals surface area contributed by atoms with Gasteiger partial charge in [0.2, 0.25) is 0 Å². The molecule has 114 valence electrons. The van der Waals surface area contributed by atoms with Crippen LogP contribution in [0.5, 0.6) is 0 Å². The van der Waals surface area contributed by atoms with Gasteiger partial charge in [0.1, 0.15) is 0 Å². The number of halogens is 2. The molecule has 0 saturated carbocycles. The van der Waals surface area contributed by atoms with Crippen LogP contribution in [0.2, 0.25) is 5.02 Å². The summed E-state index contributed by atoms with van der Waals surface area (Å²) in [5.41, 5.74) is 0.735. The number of nitrogens with zero attached hydrogens (tertiary/aromatic N) is 1. The second-order valence-electron chi connectivity index (χ2n) is 5.09. The molecule has 1 unspecified atom stereocenters. The van der Waals surface area contributed by atoms with Gasteiger partial charge in [0, 0.05) is 28.1 Å². The molecule has 21 heavy (non-hydrogen) atoms. The Labute approximate surface area is 141 Å². The number of aliphatic carboxylic acids is 1. The number of anilines is 1. The summed E-state index contributed by atoms with van der Waals surface area (Å²) >= 11 is 8.01. The van der Waals surface area contributed by atoms with E-state index in [1.807, 2.05) is 0 Å². The van der Waals surface area contributed by atoms with Gasteiger partial charge < -0.3 is 15.3 Å². The molecule has 1 heterocycles. The molecule has 0 spiro atoms. The van der Waals surface area contributed by atoms with Crippen molar-refractivity contribution in [3.8, 4) is 0 Å². The monoisotopic (exact) mass is 422 g/mol. The molecule has 1 saturated heterocycles. The molecule has 0 radical (unpaired) electrons. The molecule has 1 aromatic carbocycles. The number of carbonyl (C=O) groups is 2. The molecule has 1 aromatic rings. The number of amides is 2. The van der Waals surface area contributed by atoms with Crippen LogP contribution in [0.15, 0.2) is 18.2 Å². The number of hydrogen-bond acceptors (Lipinski definition) is 2. The lowest BCUT2D eigenvalue weighted by Crippen LogP contribution is -2.33. The van der Waals surface area contributed by atoms with Gasteiger partial charge in [-0.3, -0.25) is 4.79 Å². The van der Waals surface area contributed by atoms with E-state index in [0.717, 1.165) is 15.7 Å². The van der Waals surface area contributed by atoms with Crippen LogP contribution in [0.1, 0.15) is 19.3 Å². The topological polar surface area (TPSA) is 69.6 Å². The predicted octanol–water partition coefficient (Wildman–Crippen LogP) is 3.66. The van der Waals surface area contributed by atoms with Crippen LogP contribution < -0.4 is 5.32 Å². The molecule has 5 nitrogen and oxygen atoms in total. The average Bonchev–Trinajstić information content (AvgIpc) is 2.88. The predicted molar refractivity (Wildman–Crippen MR) is 89.7 cm³/mol. The Morgan fingerprint density at radius 2 is 2.24 bits per heavy atom. The van der Waals surface area contributed by atoms with Gasteiger partial charge in [0.05, 0.1) is 5.69 Å². The summed E-state index contributed by atoms with van der Waals surface area (Å²) in [7, 11) is 0. The van der Waals surface area contributed by atoms with Crippen molar-refractivity contribution in [1.29, 1.82) is 0 Å². The SMILES string of the molecule is O=C(O)CCC1CCN(C(=O)Nc2ccc(Cl)cc2I)C1. The zero-order valence-electron chi connectivity index (χ0n) is 11.3. The van der Waals surface area contributed by atoms with Gasteiger partial charge in [-0.05, 0) is 59.5 Å². The van der Waals surface area contributed by atoms with Crippen molar-refractivity contribution < 1.29 is 14.7 Å². The second kappa shape index (κ2) is 7.31. The summed E-state index contributed by atoms with van der Waals surface area (Å²) < 4.78 is 0.884. The number of carbonyl (C=O) groups excluding carboxylic acids is 1. The summed E-state index contributed by atoms with van der Waals surface area (Å²) in [5.74, 6) is -0.509. The maximum atomic E-state index is 12.2. The first-order valence-corrected chi connectivity index (χ1v) is 8.14. The number of nitrogens with one attached hydrogen (secondary N) is 1. The number of benzene rings is 1. The molecule has 0 bridgehead atoms. The van der Waals surface area contributed by atoms with E-state index >= 15 is 0 Å². The summed E-state index contributed by atoms with van der Waals surface area (Å²) in [6.45, 7) is 1.28. The molecule has 1 aliphatic rings.